The zero-order valence-corrected chi connectivity index (χ0v) is 16.6. The summed E-state index contributed by atoms with van der Waals surface area (Å²) in [5.41, 5.74) is -1.36. The molecule has 0 aromatic heterocycles. The first kappa shape index (κ1) is 21.6. The Hall–Kier alpha value is 1.27. The fourth-order valence-electron chi connectivity index (χ4n) is 1.01. The van der Waals surface area contributed by atoms with E-state index in [1.165, 1.54) is 0 Å². The topological polar surface area (TPSA) is 135 Å². The van der Waals surface area contributed by atoms with E-state index < -0.39 is 37.2 Å². The van der Waals surface area contributed by atoms with Crippen molar-refractivity contribution in [1.29, 1.82) is 0 Å². The van der Waals surface area contributed by atoms with Gasteiger partial charge >= 0.3 is 109 Å². The number of nitro benzene ring substituents is 1. The fraction of sp³-hybridized carbons (Fsp3) is 0. The second-order valence-corrected chi connectivity index (χ2v) is 4.11. The third-order valence-electron chi connectivity index (χ3n) is 1.68. The molecule has 0 fully saturated rings. The Morgan fingerprint density at radius 2 is 1.83 bits per heavy atom. The average molecular weight is 327 g/mol. The van der Waals surface area contributed by atoms with Crippen LogP contribution in [0.5, 0.6) is 0 Å². The van der Waals surface area contributed by atoms with Gasteiger partial charge in [-0.1, -0.05) is 0 Å². The molecule has 90 valence electrons. The van der Waals surface area contributed by atoms with Gasteiger partial charge in [-0.25, -0.2) is 4.79 Å². The van der Waals surface area contributed by atoms with E-state index in [-0.39, 0.29) is 106 Å². The summed E-state index contributed by atoms with van der Waals surface area (Å²) >= 11 is 0. The van der Waals surface area contributed by atoms with Crippen molar-refractivity contribution in [2.75, 3.05) is 0 Å². The number of nitrogens with zero attached hydrogens (tertiary/aromatic N) is 1. The Balaban J connectivity index is -0.000000320. The van der Waals surface area contributed by atoms with Crippen LogP contribution in [0.1, 0.15) is 13.2 Å². The van der Waals surface area contributed by atoms with Crippen LogP contribution in [-0.2, 0) is 10.1 Å². The third-order valence-corrected chi connectivity index (χ3v) is 2.58. The molecule has 0 aliphatic carbocycles. The first-order valence-corrected chi connectivity index (χ1v) is 5.16. The van der Waals surface area contributed by atoms with Gasteiger partial charge in [-0.15, -0.1) is 0 Å². The molecular formula is C7H7K2NO7S. The Bertz CT molecular complexity index is 581. The maximum atomic E-state index is 10.8. The van der Waals surface area contributed by atoms with Gasteiger partial charge in [-0.05, 0) is 6.07 Å². The largest absolute Gasteiger partial charge is 1.00 e. The average Bonchev–Trinajstić information content (AvgIpc) is 2.15. The smallest absolute Gasteiger partial charge is 1.00 e. The predicted octanol–water partition coefficient (Wildman–Crippen LogP) is -5.23. The maximum Gasteiger partial charge on any atom is 1.00 e. The van der Waals surface area contributed by atoms with Crippen LogP contribution in [0.2, 0.25) is 0 Å². The Morgan fingerprint density at radius 3 is 2.17 bits per heavy atom. The number of rotatable bonds is 3. The summed E-state index contributed by atoms with van der Waals surface area (Å²) in [5.74, 6) is -1.61. The van der Waals surface area contributed by atoms with Crippen molar-refractivity contribution in [2.45, 2.75) is 4.90 Å². The first-order chi connectivity index (χ1) is 7.23. The molecule has 1 aromatic rings. The number of non-ortho nitro benzene ring substituents is 1. The summed E-state index contributed by atoms with van der Waals surface area (Å²) in [6.45, 7) is 0. The van der Waals surface area contributed by atoms with Crippen molar-refractivity contribution in [3.63, 3.8) is 0 Å². The van der Waals surface area contributed by atoms with Crippen molar-refractivity contribution in [1.82, 2.24) is 0 Å². The molecule has 1 aromatic carbocycles. The van der Waals surface area contributed by atoms with E-state index in [0.29, 0.717) is 6.07 Å². The number of carboxylic acids is 1. The molecule has 0 aliphatic heterocycles. The van der Waals surface area contributed by atoms with Crippen molar-refractivity contribution in [3.8, 4) is 0 Å². The molecule has 0 spiro atoms. The van der Waals surface area contributed by atoms with Gasteiger partial charge in [-0.3, -0.25) is 14.7 Å². The summed E-state index contributed by atoms with van der Waals surface area (Å²) < 4.78 is 30.3. The molecule has 0 saturated heterocycles. The van der Waals surface area contributed by atoms with Gasteiger partial charge in [0.05, 0.1) is 10.5 Å². The van der Waals surface area contributed by atoms with Crippen LogP contribution >= 0.6 is 0 Å². The van der Waals surface area contributed by atoms with E-state index in [9.17, 15) is 23.3 Å². The van der Waals surface area contributed by atoms with Crippen molar-refractivity contribution in [3.05, 3.63) is 33.9 Å². The van der Waals surface area contributed by atoms with E-state index in [2.05, 4.69) is 0 Å². The summed E-state index contributed by atoms with van der Waals surface area (Å²) in [4.78, 5) is 19.0. The molecule has 1 rings (SSSR count). The summed E-state index contributed by atoms with van der Waals surface area (Å²) in [6, 6.07) is 2.06. The molecule has 0 atom stereocenters. The monoisotopic (exact) mass is 327 g/mol. The molecular weight excluding hydrogens is 320 g/mol. The SMILES string of the molecule is O=C(O)c1ccc([N+](=O)[O-])cc1S(=O)(=O)O.[H-].[H-].[K+].[K+]. The van der Waals surface area contributed by atoms with E-state index >= 15 is 0 Å². The number of hydrogen-bond acceptors (Lipinski definition) is 5. The quantitative estimate of drug-likeness (QED) is 0.245. The van der Waals surface area contributed by atoms with Crippen LogP contribution in [0.15, 0.2) is 23.1 Å². The minimum absolute atomic E-state index is 0. The van der Waals surface area contributed by atoms with Crippen LogP contribution in [-0.4, -0.2) is 29.0 Å². The fourth-order valence-corrected chi connectivity index (χ4v) is 1.72. The number of benzene rings is 1. The predicted molar refractivity (Wildman–Crippen MR) is 52.1 cm³/mol. The van der Waals surface area contributed by atoms with Gasteiger partial charge in [-0.2, -0.15) is 8.42 Å². The van der Waals surface area contributed by atoms with Crippen LogP contribution in [0.25, 0.3) is 0 Å². The zero-order valence-electron chi connectivity index (χ0n) is 11.5. The van der Waals surface area contributed by atoms with Gasteiger partial charge < -0.3 is 7.96 Å². The third kappa shape index (κ3) is 5.72. The first-order valence-electron chi connectivity index (χ1n) is 3.72. The van der Waals surface area contributed by atoms with Gasteiger partial charge in [0.2, 0.25) is 0 Å². The molecule has 0 saturated carbocycles. The molecule has 11 heteroatoms. The molecule has 0 amide bonds. The molecule has 8 nitrogen and oxygen atoms in total. The van der Waals surface area contributed by atoms with Crippen molar-refractivity contribution in [2.24, 2.45) is 0 Å². The number of carboxylic acid groups (broad SMARTS) is 1. The summed E-state index contributed by atoms with van der Waals surface area (Å²) in [7, 11) is -4.82. The number of nitro groups is 1. The number of hydrogen-bond donors (Lipinski definition) is 2. The van der Waals surface area contributed by atoms with Gasteiger partial charge in [0.15, 0.2) is 0 Å². The van der Waals surface area contributed by atoms with E-state index in [1.54, 1.807) is 0 Å². The molecule has 0 bridgehead atoms. The second-order valence-electron chi connectivity index (χ2n) is 2.72. The van der Waals surface area contributed by atoms with Crippen LogP contribution in [0, 0.1) is 10.1 Å². The number of carbonyl (C=O) groups is 1. The van der Waals surface area contributed by atoms with Gasteiger partial charge in [0.1, 0.15) is 4.90 Å². The molecule has 0 heterocycles. The van der Waals surface area contributed by atoms with Crippen molar-refractivity contribution >= 4 is 21.8 Å². The Morgan fingerprint density at radius 1 is 1.33 bits per heavy atom. The van der Waals surface area contributed by atoms with Crippen molar-refractivity contribution < 1.29 is 133 Å². The zero-order chi connectivity index (χ0) is 12.5. The maximum absolute atomic E-state index is 10.8. The molecule has 0 unspecified atom stereocenters. The van der Waals surface area contributed by atoms with Crippen LogP contribution in [0.3, 0.4) is 0 Å². The molecule has 18 heavy (non-hydrogen) atoms. The normalized spacial score (nSPS) is 9.83. The van der Waals surface area contributed by atoms with Crippen LogP contribution in [0.4, 0.5) is 5.69 Å². The van der Waals surface area contributed by atoms with Gasteiger partial charge in [0, 0.05) is 12.1 Å². The summed E-state index contributed by atoms with van der Waals surface area (Å²) in [6.07, 6.45) is 0. The summed E-state index contributed by atoms with van der Waals surface area (Å²) in [5, 5.41) is 19.0. The van der Waals surface area contributed by atoms with E-state index in [0.717, 1.165) is 12.1 Å². The second kappa shape index (κ2) is 8.54. The molecule has 2 N–H and O–H groups in total. The Labute approximate surface area is 190 Å². The van der Waals surface area contributed by atoms with Gasteiger partial charge in [0.25, 0.3) is 15.8 Å². The van der Waals surface area contributed by atoms with E-state index in [4.69, 9.17) is 9.66 Å². The minimum Gasteiger partial charge on any atom is -1.00 e. The molecule has 0 aliphatic rings. The number of aromatic carboxylic acids is 1. The van der Waals surface area contributed by atoms with E-state index in [1.807, 2.05) is 0 Å². The molecule has 0 radical (unpaired) electrons. The Kier molecular flexibility index (Phi) is 10.2. The standard InChI is InChI=1S/C7H5NO7S.2K.2H/c9-7(10)5-2-1-4(8(11)12)3-6(5)16(13,14)15;;;;/h1-3H,(H,9,10)(H,13,14,15);;;;/q;2*+1;2*-1. The minimum atomic E-state index is -4.82. The van der Waals surface area contributed by atoms with Crippen LogP contribution < -0.4 is 103 Å².